The zero-order valence-corrected chi connectivity index (χ0v) is 17.0. The van der Waals surface area contributed by atoms with Gasteiger partial charge in [-0.05, 0) is 69.9 Å². The highest BCUT2D eigenvalue weighted by atomic mass is 14.9. The predicted octanol–water partition coefficient (Wildman–Crippen LogP) is 6.02. The second-order valence-corrected chi connectivity index (χ2v) is 7.43. The molecule has 1 aliphatic rings. The fraction of sp³-hybridized carbons (Fsp3) is 0.292. The summed E-state index contributed by atoms with van der Waals surface area (Å²) < 4.78 is 0. The minimum Gasteiger partial charge on any atom is -0.271 e. The van der Waals surface area contributed by atoms with Crippen LogP contribution in [0, 0.1) is 41.5 Å². The number of nitrogens with zero attached hydrogens (tertiary/aromatic N) is 3. The van der Waals surface area contributed by atoms with Crippen molar-refractivity contribution in [3.05, 3.63) is 69.8 Å². The van der Waals surface area contributed by atoms with Crippen molar-refractivity contribution >= 4 is 29.5 Å². The summed E-state index contributed by atoms with van der Waals surface area (Å²) >= 11 is 0. The lowest BCUT2D eigenvalue weighted by atomic mass is 10.1. The van der Waals surface area contributed by atoms with Crippen LogP contribution in [-0.2, 0) is 0 Å². The minimum atomic E-state index is -0.0354. The van der Waals surface area contributed by atoms with Gasteiger partial charge in [0.15, 0.2) is 0 Å². The summed E-state index contributed by atoms with van der Waals surface area (Å²) in [7, 11) is 0. The summed E-state index contributed by atoms with van der Waals surface area (Å²) in [6.45, 7) is 12.6. The number of hydrogen-bond acceptors (Lipinski definition) is 3. The van der Waals surface area contributed by atoms with Crippen LogP contribution in [0.3, 0.4) is 0 Å². The van der Waals surface area contributed by atoms with Crippen molar-refractivity contribution in [2.45, 2.75) is 47.6 Å². The minimum absolute atomic E-state index is 0.0354. The van der Waals surface area contributed by atoms with Crippen molar-refractivity contribution in [3.8, 4) is 0 Å². The summed E-state index contributed by atoms with van der Waals surface area (Å²) in [5.74, 6) is 0. The predicted molar refractivity (Wildman–Crippen MR) is 118 cm³/mol. The van der Waals surface area contributed by atoms with Gasteiger partial charge in [0.25, 0.3) is 0 Å². The molecule has 27 heavy (non-hydrogen) atoms. The molecule has 0 saturated carbocycles. The molecule has 0 aromatic heterocycles. The van der Waals surface area contributed by atoms with Crippen LogP contribution in [0.1, 0.15) is 33.4 Å². The monoisotopic (exact) mass is 357 g/mol. The Morgan fingerprint density at radius 2 is 1.22 bits per heavy atom. The first-order chi connectivity index (χ1) is 12.8. The zero-order chi connectivity index (χ0) is 19.6. The van der Waals surface area contributed by atoms with Gasteiger partial charge < -0.3 is 0 Å². The SMILES string of the molecule is Cc1cc(C)c(N=CC2=NC(C=Nc3c(C)cc(C)cc3C)C=C2)c(C)c1. The van der Waals surface area contributed by atoms with E-state index < -0.39 is 0 Å². The van der Waals surface area contributed by atoms with Crippen LogP contribution >= 0.6 is 0 Å². The number of benzene rings is 2. The summed E-state index contributed by atoms with van der Waals surface area (Å²) in [5.41, 5.74) is 10.2. The average Bonchev–Trinajstić information content (AvgIpc) is 3.00. The van der Waals surface area contributed by atoms with Gasteiger partial charge in [0.2, 0.25) is 0 Å². The molecule has 0 aliphatic carbocycles. The third kappa shape index (κ3) is 4.48. The fourth-order valence-corrected chi connectivity index (χ4v) is 3.65. The smallest absolute Gasteiger partial charge is 0.104 e. The standard InChI is InChI=1S/C24H27N3/c1-15-9-17(3)23(18(4)10-15)25-13-21-7-8-22(27-21)14-26-24-19(5)11-16(2)12-20(24)6/h7-14,21H,1-6H3. The first-order valence-corrected chi connectivity index (χ1v) is 9.33. The van der Waals surface area contributed by atoms with E-state index in [1.54, 1.807) is 0 Å². The van der Waals surface area contributed by atoms with Crippen LogP contribution in [0.2, 0.25) is 0 Å². The maximum Gasteiger partial charge on any atom is 0.104 e. The van der Waals surface area contributed by atoms with Crippen LogP contribution < -0.4 is 0 Å². The Bertz CT molecular complexity index is 945. The molecule has 3 heteroatoms. The van der Waals surface area contributed by atoms with Gasteiger partial charge in [-0.2, -0.15) is 0 Å². The van der Waals surface area contributed by atoms with Gasteiger partial charge in [0.05, 0.1) is 23.3 Å². The molecule has 1 heterocycles. The van der Waals surface area contributed by atoms with Crippen molar-refractivity contribution in [3.63, 3.8) is 0 Å². The fourth-order valence-electron chi connectivity index (χ4n) is 3.65. The van der Waals surface area contributed by atoms with E-state index in [0.29, 0.717) is 0 Å². The van der Waals surface area contributed by atoms with Gasteiger partial charge in [-0.3, -0.25) is 15.0 Å². The second-order valence-electron chi connectivity index (χ2n) is 7.43. The normalized spacial score (nSPS) is 16.7. The van der Waals surface area contributed by atoms with E-state index in [-0.39, 0.29) is 6.04 Å². The van der Waals surface area contributed by atoms with Crippen LogP contribution in [0.5, 0.6) is 0 Å². The van der Waals surface area contributed by atoms with E-state index in [0.717, 1.165) is 17.1 Å². The Balaban J connectivity index is 1.75. The Labute approximate surface area is 162 Å². The summed E-state index contributed by atoms with van der Waals surface area (Å²) in [6.07, 6.45) is 7.81. The van der Waals surface area contributed by atoms with Gasteiger partial charge >= 0.3 is 0 Å². The number of allylic oxidation sites excluding steroid dienone is 1. The van der Waals surface area contributed by atoms with Gasteiger partial charge in [-0.15, -0.1) is 0 Å². The Morgan fingerprint density at radius 1 is 0.741 bits per heavy atom. The molecule has 3 rings (SSSR count). The third-order valence-electron chi connectivity index (χ3n) is 4.72. The summed E-state index contributed by atoms with van der Waals surface area (Å²) in [5, 5.41) is 0. The molecular formula is C24H27N3. The van der Waals surface area contributed by atoms with Crippen molar-refractivity contribution in [1.82, 2.24) is 0 Å². The Morgan fingerprint density at radius 3 is 1.74 bits per heavy atom. The van der Waals surface area contributed by atoms with E-state index in [4.69, 9.17) is 4.99 Å². The van der Waals surface area contributed by atoms with Crippen LogP contribution in [0.4, 0.5) is 11.4 Å². The highest BCUT2D eigenvalue weighted by molar-refractivity contribution is 6.37. The molecule has 0 amide bonds. The molecule has 0 fully saturated rings. The average molecular weight is 358 g/mol. The Kier molecular flexibility index (Phi) is 5.50. The first-order valence-electron chi connectivity index (χ1n) is 9.33. The van der Waals surface area contributed by atoms with Gasteiger partial charge in [-0.1, -0.05) is 41.5 Å². The van der Waals surface area contributed by atoms with E-state index in [2.05, 4.69) is 81.9 Å². The molecule has 1 unspecified atom stereocenters. The molecule has 1 aliphatic heterocycles. The van der Waals surface area contributed by atoms with E-state index in [9.17, 15) is 0 Å². The maximum atomic E-state index is 4.69. The first kappa shape index (κ1) is 19.0. The maximum absolute atomic E-state index is 4.69. The molecule has 0 saturated heterocycles. The highest BCUT2D eigenvalue weighted by Crippen LogP contribution is 2.26. The molecule has 0 bridgehead atoms. The van der Waals surface area contributed by atoms with Gasteiger partial charge in [-0.25, -0.2) is 0 Å². The largest absolute Gasteiger partial charge is 0.271 e. The number of aryl methyl sites for hydroxylation is 6. The van der Waals surface area contributed by atoms with Gasteiger partial charge in [0, 0.05) is 6.21 Å². The van der Waals surface area contributed by atoms with Crippen molar-refractivity contribution < 1.29 is 0 Å². The molecule has 3 nitrogen and oxygen atoms in total. The molecule has 0 radical (unpaired) electrons. The van der Waals surface area contributed by atoms with Crippen LogP contribution in [0.15, 0.2) is 51.4 Å². The molecule has 2 aromatic rings. The van der Waals surface area contributed by atoms with E-state index in [1.165, 1.54) is 33.4 Å². The molecule has 0 N–H and O–H groups in total. The lowest BCUT2D eigenvalue weighted by Gasteiger charge is -2.07. The van der Waals surface area contributed by atoms with E-state index >= 15 is 0 Å². The van der Waals surface area contributed by atoms with Crippen molar-refractivity contribution in [2.24, 2.45) is 15.0 Å². The topological polar surface area (TPSA) is 37.1 Å². The quantitative estimate of drug-likeness (QED) is 0.600. The number of rotatable bonds is 4. The molecule has 138 valence electrons. The number of hydrogen-bond donors (Lipinski definition) is 0. The lowest BCUT2D eigenvalue weighted by molar-refractivity contribution is 1.13. The van der Waals surface area contributed by atoms with E-state index in [1.807, 2.05) is 18.5 Å². The highest BCUT2D eigenvalue weighted by Gasteiger charge is 2.09. The molecule has 1 atom stereocenters. The molecule has 2 aromatic carbocycles. The van der Waals surface area contributed by atoms with Crippen LogP contribution in [-0.4, -0.2) is 24.2 Å². The lowest BCUT2D eigenvalue weighted by Crippen LogP contribution is -2.00. The number of aliphatic imine (C=N–C) groups is 3. The molecule has 0 spiro atoms. The van der Waals surface area contributed by atoms with Crippen LogP contribution in [0.25, 0.3) is 0 Å². The second kappa shape index (κ2) is 7.83. The van der Waals surface area contributed by atoms with Gasteiger partial charge in [0.1, 0.15) is 6.04 Å². The Hall–Kier alpha value is -2.81. The summed E-state index contributed by atoms with van der Waals surface area (Å²) in [4.78, 5) is 14.0. The third-order valence-corrected chi connectivity index (χ3v) is 4.72. The van der Waals surface area contributed by atoms with Crippen molar-refractivity contribution in [2.75, 3.05) is 0 Å². The van der Waals surface area contributed by atoms with Crippen molar-refractivity contribution in [1.29, 1.82) is 0 Å². The summed E-state index contributed by atoms with van der Waals surface area (Å²) in [6, 6.07) is 8.61. The zero-order valence-electron chi connectivity index (χ0n) is 17.0. The molecular weight excluding hydrogens is 330 g/mol.